The summed E-state index contributed by atoms with van der Waals surface area (Å²) in [5.74, 6) is 0. The zero-order valence-electron chi connectivity index (χ0n) is 9.42. The molecule has 0 aromatic carbocycles. The number of alkyl halides is 1. The third-order valence-corrected chi connectivity index (χ3v) is 2.65. The van der Waals surface area contributed by atoms with Gasteiger partial charge in [0.2, 0.25) is 0 Å². The Balaban J connectivity index is 4.25. The van der Waals surface area contributed by atoms with Gasteiger partial charge in [0.1, 0.15) is 0 Å². The molecule has 0 N–H and O–H groups in total. The zero-order valence-corrected chi connectivity index (χ0v) is 11.0. The van der Waals surface area contributed by atoms with E-state index < -0.39 is 0 Å². The van der Waals surface area contributed by atoms with Crippen LogP contribution in [-0.2, 0) is 4.74 Å². The molecule has 0 rings (SSSR count). The molecule has 1 nitrogen and oxygen atoms in total. The number of allylic oxidation sites excluding steroid dienone is 2. The molecule has 0 saturated carbocycles. The molecule has 2 heteroatoms. The number of ether oxygens (including phenoxy) is 1. The molecule has 0 aromatic heterocycles. The molecule has 2 atom stereocenters. The molecule has 0 spiro atoms. The van der Waals surface area contributed by atoms with Crippen LogP contribution >= 0.6 is 15.9 Å². The summed E-state index contributed by atoms with van der Waals surface area (Å²) < 4.78 is 5.65. The van der Waals surface area contributed by atoms with Crippen LogP contribution in [0.3, 0.4) is 0 Å². The SMILES string of the molecule is C=C/C(=C/CC)CC(OCC)[C@@H](C)Br. The van der Waals surface area contributed by atoms with Gasteiger partial charge in [-0.2, -0.15) is 0 Å². The van der Waals surface area contributed by atoms with Gasteiger partial charge in [-0.1, -0.05) is 48.5 Å². The Morgan fingerprint density at radius 2 is 2.14 bits per heavy atom. The topological polar surface area (TPSA) is 9.23 Å². The van der Waals surface area contributed by atoms with Gasteiger partial charge in [0.25, 0.3) is 0 Å². The third-order valence-electron chi connectivity index (χ3n) is 2.06. The van der Waals surface area contributed by atoms with Gasteiger partial charge < -0.3 is 4.74 Å². The molecule has 0 bridgehead atoms. The van der Waals surface area contributed by atoms with Gasteiger partial charge in [-0.25, -0.2) is 0 Å². The summed E-state index contributed by atoms with van der Waals surface area (Å²) >= 11 is 3.56. The van der Waals surface area contributed by atoms with Gasteiger partial charge >= 0.3 is 0 Å². The van der Waals surface area contributed by atoms with Crippen LogP contribution in [0, 0.1) is 0 Å². The highest BCUT2D eigenvalue weighted by atomic mass is 79.9. The lowest BCUT2D eigenvalue weighted by molar-refractivity contribution is 0.0663. The van der Waals surface area contributed by atoms with Gasteiger partial charge in [0, 0.05) is 11.4 Å². The van der Waals surface area contributed by atoms with Crippen molar-refractivity contribution < 1.29 is 4.74 Å². The zero-order chi connectivity index (χ0) is 11.0. The van der Waals surface area contributed by atoms with Crippen LogP contribution in [0.1, 0.15) is 33.6 Å². The van der Waals surface area contributed by atoms with Crippen molar-refractivity contribution in [1.82, 2.24) is 0 Å². The maximum absolute atomic E-state index is 5.65. The summed E-state index contributed by atoms with van der Waals surface area (Å²) in [6.45, 7) is 10.9. The minimum absolute atomic E-state index is 0.246. The first-order valence-electron chi connectivity index (χ1n) is 5.22. The van der Waals surface area contributed by atoms with Gasteiger partial charge in [0.15, 0.2) is 0 Å². The van der Waals surface area contributed by atoms with Crippen molar-refractivity contribution in [2.45, 2.75) is 44.5 Å². The van der Waals surface area contributed by atoms with E-state index in [9.17, 15) is 0 Å². The van der Waals surface area contributed by atoms with E-state index in [1.165, 1.54) is 5.57 Å². The van der Waals surface area contributed by atoms with Crippen LogP contribution in [0.4, 0.5) is 0 Å². The largest absolute Gasteiger partial charge is 0.377 e. The molecule has 14 heavy (non-hydrogen) atoms. The van der Waals surface area contributed by atoms with Crippen molar-refractivity contribution >= 4 is 15.9 Å². The Hall–Kier alpha value is -0.0800. The van der Waals surface area contributed by atoms with E-state index in [2.05, 4.69) is 42.4 Å². The Kier molecular flexibility index (Phi) is 8.20. The summed E-state index contributed by atoms with van der Waals surface area (Å²) in [6.07, 6.45) is 6.36. The summed E-state index contributed by atoms with van der Waals surface area (Å²) in [5.41, 5.74) is 1.28. The highest BCUT2D eigenvalue weighted by Gasteiger charge is 2.15. The lowest BCUT2D eigenvalue weighted by atomic mass is 10.1. The summed E-state index contributed by atoms with van der Waals surface area (Å²) in [6, 6.07) is 0. The van der Waals surface area contributed by atoms with Crippen molar-refractivity contribution in [3.63, 3.8) is 0 Å². The van der Waals surface area contributed by atoms with Crippen molar-refractivity contribution in [2.75, 3.05) is 6.61 Å². The van der Waals surface area contributed by atoms with Gasteiger partial charge in [-0.3, -0.25) is 0 Å². The fourth-order valence-electron chi connectivity index (χ4n) is 1.31. The number of hydrogen-bond acceptors (Lipinski definition) is 1. The van der Waals surface area contributed by atoms with Crippen LogP contribution in [0.15, 0.2) is 24.3 Å². The first-order valence-corrected chi connectivity index (χ1v) is 6.14. The fraction of sp³-hybridized carbons (Fsp3) is 0.667. The van der Waals surface area contributed by atoms with E-state index >= 15 is 0 Å². The molecular formula is C12H21BrO. The second-order valence-electron chi connectivity index (χ2n) is 3.27. The molecule has 1 unspecified atom stereocenters. The van der Waals surface area contributed by atoms with Crippen molar-refractivity contribution in [1.29, 1.82) is 0 Å². The highest BCUT2D eigenvalue weighted by molar-refractivity contribution is 9.09. The molecule has 0 amide bonds. The molecule has 0 fully saturated rings. The molecule has 82 valence electrons. The Morgan fingerprint density at radius 3 is 2.50 bits per heavy atom. The van der Waals surface area contributed by atoms with Crippen LogP contribution < -0.4 is 0 Å². The average Bonchev–Trinajstić information content (AvgIpc) is 2.15. The van der Waals surface area contributed by atoms with Crippen LogP contribution in [0.2, 0.25) is 0 Å². The minimum atomic E-state index is 0.246. The molecule has 0 aromatic rings. The minimum Gasteiger partial charge on any atom is -0.377 e. The van der Waals surface area contributed by atoms with E-state index in [4.69, 9.17) is 4.74 Å². The van der Waals surface area contributed by atoms with Gasteiger partial charge in [-0.05, 0) is 25.3 Å². The summed E-state index contributed by atoms with van der Waals surface area (Å²) in [7, 11) is 0. The van der Waals surface area contributed by atoms with E-state index in [0.717, 1.165) is 19.4 Å². The van der Waals surface area contributed by atoms with Crippen LogP contribution in [0.25, 0.3) is 0 Å². The maximum atomic E-state index is 5.65. The predicted octanol–water partition coefficient (Wildman–Crippen LogP) is 4.09. The van der Waals surface area contributed by atoms with Crippen LogP contribution in [-0.4, -0.2) is 17.5 Å². The van der Waals surface area contributed by atoms with Crippen LogP contribution in [0.5, 0.6) is 0 Å². The van der Waals surface area contributed by atoms with Gasteiger partial charge in [-0.15, -0.1) is 0 Å². The normalized spacial score (nSPS) is 16.4. The molecule has 0 heterocycles. The molecule has 0 aliphatic rings. The number of halogens is 1. The first-order chi connectivity index (χ1) is 6.65. The first kappa shape index (κ1) is 13.9. The van der Waals surface area contributed by atoms with Crippen molar-refractivity contribution in [3.05, 3.63) is 24.3 Å². The van der Waals surface area contributed by atoms with E-state index in [-0.39, 0.29) is 6.10 Å². The lowest BCUT2D eigenvalue weighted by Gasteiger charge is -2.20. The monoisotopic (exact) mass is 260 g/mol. The summed E-state index contributed by atoms with van der Waals surface area (Å²) in [4.78, 5) is 0.377. The molecule has 0 saturated heterocycles. The number of hydrogen-bond donors (Lipinski definition) is 0. The van der Waals surface area contributed by atoms with Crippen molar-refractivity contribution in [3.8, 4) is 0 Å². The Labute approximate surface area is 96.4 Å². The molecule has 0 aliphatic heterocycles. The smallest absolute Gasteiger partial charge is 0.0737 e. The molecule has 0 aliphatic carbocycles. The third kappa shape index (κ3) is 5.61. The van der Waals surface area contributed by atoms with E-state index in [1.54, 1.807) is 0 Å². The quantitative estimate of drug-likeness (QED) is 0.495. The molecule has 0 radical (unpaired) electrons. The van der Waals surface area contributed by atoms with E-state index in [1.807, 2.05) is 13.0 Å². The Morgan fingerprint density at radius 1 is 1.50 bits per heavy atom. The number of rotatable bonds is 7. The molecular weight excluding hydrogens is 240 g/mol. The second-order valence-corrected chi connectivity index (χ2v) is 4.71. The summed E-state index contributed by atoms with van der Waals surface area (Å²) in [5, 5.41) is 0. The second kappa shape index (κ2) is 8.25. The van der Waals surface area contributed by atoms with Crippen molar-refractivity contribution in [2.24, 2.45) is 0 Å². The standard InChI is InChI=1S/C12H21BrO/c1-5-8-11(6-2)9-12(10(4)13)14-7-3/h6,8,10,12H,2,5,7,9H2,1,3-4H3/b11-8-/t10-,12?/m1/s1. The fourth-order valence-corrected chi connectivity index (χ4v) is 1.65. The average molecular weight is 261 g/mol. The highest BCUT2D eigenvalue weighted by Crippen LogP contribution is 2.18. The maximum Gasteiger partial charge on any atom is 0.0737 e. The predicted molar refractivity (Wildman–Crippen MR) is 67.0 cm³/mol. The lowest BCUT2D eigenvalue weighted by Crippen LogP contribution is -2.22. The Bertz CT molecular complexity index is 185. The van der Waals surface area contributed by atoms with Gasteiger partial charge in [0.05, 0.1) is 6.10 Å². The van der Waals surface area contributed by atoms with E-state index in [0.29, 0.717) is 4.83 Å².